The summed E-state index contributed by atoms with van der Waals surface area (Å²) in [6, 6.07) is 69.1. The molecular formula is C54H38N4. The summed E-state index contributed by atoms with van der Waals surface area (Å²) in [6.07, 6.45) is 0. The van der Waals surface area contributed by atoms with E-state index < -0.39 is 0 Å². The molecule has 4 nitrogen and oxygen atoms in total. The number of nitrogens with zero attached hydrogens (tertiary/aromatic N) is 4. The van der Waals surface area contributed by atoms with Gasteiger partial charge in [-0.05, 0) is 93.0 Å². The number of para-hydroxylation sites is 1. The molecule has 1 aliphatic carbocycles. The molecule has 2 aromatic heterocycles. The highest BCUT2D eigenvalue weighted by molar-refractivity contribution is 6.11. The van der Waals surface area contributed by atoms with Crippen molar-refractivity contribution in [2.45, 2.75) is 19.3 Å². The minimum atomic E-state index is -0.0329. The summed E-state index contributed by atoms with van der Waals surface area (Å²) in [5.74, 6) is 1.91. The molecular weight excluding hydrogens is 705 g/mol. The molecule has 10 aromatic rings. The Morgan fingerprint density at radius 1 is 0.345 bits per heavy atom. The van der Waals surface area contributed by atoms with Crippen LogP contribution in [0.5, 0.6) is 0 Å². The van der Waals surface area contributed by atoms with Crippen molar-refractivity contribution < 1.29 is 0 Å². The number of hydrogen-bond donors (Lipinski definition) is 0. The molecule has 11 rings (SSSR count). The first-order valence-corrected chi connectivity index (χ1v) is 19.9. The van der Waals surface area contributed by atoms with E-state index in [0.717, 1.165) is 44.4 Å². The van der Waals surface area contributed by atoms with Gasteiger partial charge in [0.2, 0.25) is 0 Å². The topological polar surface area (TPSA) is 43.6 Å². The van der Waals surface area contributed by atoms with Crippen LogP contribution in [0.3, 0.4) is 0 Å². The number of hydrogen-bond acceptors (Lipinski definition) is 3. The van der Waals surface area contributed by atoms with Gasteiger partial charge in [0.05, 0.1) is 11.0 Å². The molecule has 2 heterocycles. The third-order valence-electron chi connectivity index (χ3n) is 11.9. The van der Waals surface area contributed by atoms with E-state index in [1.54, 1.807) is 0 Å². The van der Waals surface area contributed by atoms with E-state index in [1.807, 2.05) is 24.3 Å². The normalized spacial score (nSPS) is 12.8. The standard InChI is InChI=1S/C54H38N4/c1-54(2)47-21-13-12-20-43(47)44-32-39(26-29-48(44)54)40-27-30-49-45(33-40)46-34-41(28-31-50(46)58(49)42-18-10-5-11-19-42)53-56-51(37-16-8-4-9-17-37)55-52(57-53)38-24-22-36(23-25-38)35-14-6-3-7-15-35/h3-34H,1-2H3. The highest BCUT2D eigenvalue weighted by Gasteiger charge is 2.35. The lowest BCUT2D eigenvalue weighted by Crippen LogP contribution is -2.14. The molecule has 0 saturated heterocycles. The first-order chi connectivity index (χ1) is 28.5. The summed E-state index contributed by atoms with van der Waals surface area (Å²) in [7, 11) is 0. The van der Waals surface area contributed by atoms with Crippen molar-refractivity contribution >= 4 is 21.8 Å². The van der Waals surface area contributed by atoms with Crippen LogP contribution < -0.4 is 0 Å². The predicted octanol–water partition coefficient (Wildman–Crippen LogP) is 13.6. The lowest BCUT2D eigenvalue weighted by molar-refractivity contribution is 0.660. The summed E-state index contributed by atoms with van der Waals surface area (Å²) in [6.45, 7) is 4.67. The van der Waals surface area contributed by atoms with Crippen molar-refractivity contribution in [1.29, 1.82) is 0 Å². The summed E-state index contributed by atoms with van der Waals surface area (Å²) in [4.78, 5) is 15.3. The molecule has 58 heavy (non-hydrogen) atoms. The second-order valence-corrected chi connectivity index (χ2v) is 15.7. The van der Waals surface area contributed by atoms with Crippen LogP contribution in [-0.2, 0) is 5.41 Å². The van der Waals surface area contributed by atoms with Crippen LogP contribution in [0.1, 0.15) is 25.0 Å². The Morgan fingerprint density at radius 3 is 1.45 bits per heavy atom. The van der Waals surface area contributed by atoms with Gasteiger partial charge in [-0.15, -0.1) is 0 Å². The Labute approximate surface area is 337 Å². The van der Waals surface area contributed by atoms with E-state index in [9.17, 15) is 0 Å². The maximum Gasteiger partial charge on any atom is 0.164 e. The molecule has 1 aliphatic rings. The Kier molecular flexibility index (Phi) is 7.80. The van der Waals surface area contributed by atoms with Crippen molar-refractivity contribution in [3.63, 3.8) is 0 Å². The van der Waals surface area contributed by atoms with E-state index in [0.29, 0.717) is 17.5 Å². The Balaban J connectivity index is 1.08. The van der Waals surface area contributed by atoms with E-state index in [-0.39, 0.29) is 5.41 Å². The SMILES string of the molecule is CC1(C)c2ccccc2-c2cc(-c3ccc4c(c3)c3cc(-c5nc(-c6ccccc6)nc(-c6ccc(-c7ccccc7)cc6)n5)ccc3n4-c3ccccc3)ccc21. The minimum Gasteiger partial charge on any atom is -0.309 e. The molecule has 0 fully saturated rings. The van der Waals surface area contributed by atoms with Gasteiger partial charge in [0.15, 0.2) is 17.5 Å². The Bertz CT molecular complexity index is 3160. The fraction of sp³-hybridized carbons (Fsp3) is 0.0556. The number of benzene rings is 8. The Morgan fingerprint density at radius 2 is 0.776 bits per heavy atom. The maximum absolute atomic E-state index is 5.15. The van der Waals surface area contributed by atoms with Crippen molar-refractivity contribution in [2.24, 2.45) is 0 Å². The number of fused-ring (bicyclic) bond motifs is 6. The third kappa shape index (κ3) is 5.56. The van der Waals surface area contributed by atoms with Gasteiger partial charge in [-0.1, -0.05) is 159 Å². The van der Waals surface area contributed by atoms with E-state index >= 15 is 0 Å². The Hall–Kier alpha value is -7.43. The zero-order valence-electron chi connectivity index (χ0n) is 32.3. The molecule has 0 N–H and O–H groups in total. The molecule has 0 atom stereocenters. The van der Waals surface area contributed by atoms with Gasteiger partial charge in [-0.25, -0.2) is 15.0 Å². The van der Waals surface area contributed by atoms with Crippen LogP contribution in [0.4, 0.5) is 0 Å². The molecule has 8 aromatic carbocycles. The quantitative estimate of drug-likeness (QED) is 0.170. The molecule has 274 valence electrons. The van der Waals surface area contributed by atoms with Crippen molar-refractivity contribution in [3.8, 4) is 73.2 Å². The van der Waals surface area contributed by atoms with E-state index in [4.69, 9.17) is 15.0 Å². The van der Waals surface area contributed by atoms with Gasteiger partial charge in [0.25, 0.3) is 0 Å². The van der Waals surface area contributed by atoms with Gasteiger partial charge in [0.1, 0.15) is 0 Å². The molecule has 0 amide bonds. The molecule has 0 spiro atoms. The zero-order chi connectivity index (χ0) is 38.8. The van der Waals surface area contributed by atoms with Gasteiger partial charge in [-0.2, -0.15) is 0 Å². The second-order valence-electron chi connectivity index (χ2n) is 15.7. The van der Waals surface area contributed by atoms with Crippen LogP contribution in [-0.4, -0.2) is 19.5 Å². The van der Waals surface area contributed by atoms with Crippen LogP contribution in [0.25, 0.3) is 95.0 Å². The maximum atomic E-state index is 5.15. The monoisotopic (exact) mass is 742 g/mol. The number of rotatable bonds is 6. The average Bonchev–Trinajstić information content (AvgIpc) is 3.74. The first-order valence-electron chi connectivity index (χ1n) is 19.9. The molecule has 0 aliphatic heterocycles. The fourth-order valence-corrected chi connectivity index (χ4v) is 8.89. The third-order valence-corrected chi connectivity index (χ3v) is 11.9. The highest BCUT2D eigenvalue weighted by atomic mass is 15.0. The smallest absolute Gasteiger partial charge is 0.164 e. The predicted molar refractivity (Wildman–Crippen MR) is 239 cm³/mol. The largest absolute Gasteiger partial charge is 0.309 e. The van der Waals surface area contributed by atoms with Crippen molar-refractivity contribution in [3.05, 3.63) is 205 Å². The van der Waals surface area contributed by atoms with Crippen LogP contribution >= 0.6 is 0 Å². The fourth-order valence-electron chi connectivity index (χ4n) is 8.89. The summed E-state index contributed by atoms with van der Waals surface area (Å²) < 4.78 is 2.36. The van der Waals surface area contributed by atoms with Gasteiger partial charge >= 0.3 is 0 Å². The van der Waals surface area contributed by atoms with Crippen LogP contribution in [0, 0.1) is 0 Å². The van der Waals surface area contributed by atoms with E-state index in [2.05, 4.69) is 188 Å². The number of aromatic nitrogens is 4. The summed E-state index contributed by atoms with van der Waals surface area (Å²) in [5, 5.41) is 2.31. The first kappa shape index (κ1) is 33.9. The lowest BCUT2D eigenvalue weighted by atomic mass is 9.82. The second kappa shape index (κ2) is 13.4. The molecule has 0 bridgehead atoms. The summed E-state index contributed by atoms with van der Waals surface area (Å²) in [5.41, 5.74) is 16.3. The van der Waals surface area contributed by atoms with Crippen molar-refractivity contribution in [2.75, 3.05) is 0 Å². The van der Waals surface area contributed by atoms with Gasteiger partial charge in [0, 0.05) is 38.6 Å². The van der Waals surface area contributed by atoms with Crippen molar-refractivity contribution in [1.82, 2.24) is 19.5 Å². The molecule has 0 saturated carbocycles. The van der Waals surface area contributed by atoms with Gasteiger partial charge < -0.3 is 4.57 Å². The molecule has 4 heteroatoms. The van der Waals surface area contributed by atoms with Crippen LogP contribution in [0.2, 0.25) is 0 Å². The summed E-state index contributed by atoms with van der Waals surface area (Å²) >= 11 is 0. The zero-order valence-corrected chi connectivity index (χ0v) is 32.3. The van der Waals surface area contributed by atoms with Crippen LogP contribution in [0.15, 0.2) is 194 Å². The van der Waals surface area contributed by atoms with Gasteiger partial charge in [-0.3, -0.25) is 0 Å². The minimum absolute atomic E-state index is 0.0329. The molecule has 0 unspecified atom stereocenters. The lowest BCUT2D eigenvalue weighted by Gasteiger charge is -2.21. The highest BCUT2D eigenvalue weighted by Crippen LogP contribution is 2.49. The average molecular weight is 743 g/mol. The molecule has 0 radical (unpaired) electrons. The van der Waals surface area contributed by atoms with E-state index in [1.165, 1.54) is 44.3 Å².